The van der Waals surface area contributed by atoms with E-state index in [1.807, 2.05) is 25.3 Å². The maximum Gasteiger partial charge on any atom is 0.230 e. The SMILES string of the molecule is CCNC(=O)CSc1nnc(-c2cccnc2)n1C1CCCCC1C. The third-order valence-electron chi connectivity index (χ3n) is 4.69. The third kappa shape index (κ3) is 4.21. The Morgan fingerprint density at radius 2 is 2.20 bits per heavy atom. The molecule has 2 atom stereocenters. The Hall–Kier alpha value is -1.89. The third-order valence-corrected chi connectivity index (χ3v) is 5.63. The molecule has 1 saturated carbocycles. The van der Waals surface area contributed by atoms with E-state index < -0.39 is 0 Å². The number of nitrogens with one attached hydrogen (secondary N) is 1. The summed E-state index contributed by atoms with van der Waals surface area (Å²) in [6, 6.07) is 4.30. The van der Waals surface area contributed by atoms with Crippen molar-refractivity contribution in [3.05, 3.63) is 24.5 Å². The quantitative estimate of drug-likeness (QED) is 0.801. The van der Waals surface area contributed by atoms with Gasteiger partial charge in [0.05, 0.1) is 5.75 Å². The highest BCUT2D eigenvalue weighted by Gasteiger charge is 2.28. The fourth-order valence-electron chi connectivity index (χ4n) is 3.42. The Morgan fingerprint density at radius 3 is 2.92 bits per heavy atom. The minimum atomic E-state index is 0.0293. The fourth-order valence-corrected chi connectivity index (χ4v) is 4.25. The maximum atomic E-state index is 11.8. The summed E-state index contributed by atoms with van der Waals surface area (Å²) in [5.74, 6) is 1.82. The minimum absolute atomic E-state index is 0.0293. The molecule has 0 saturated heterocycles. The van der Waals surface area contributed by atoms with Gasteiger partial charge in [-0.15, -0.1) is 10.2 Å². The average molecular weight is 359 g/mol. The summed E-state index contributed by atoms with van der Waals surface area (Å²) >= 11 is 1.46. The highest BCUT2D eigenvalue weighted by atomic mass is 32.2. The molecule has 3 rings (SSSR count). The van der Waals surface area contributed by atoms with Crippen molar-refractivity contribution in [2.75, 3.05) is 12.3 Å². The molecule has 0 bridgehead atoms. The lowest BCUT2D eigenvalue weighted by atomic mass is 9.85. The number of rotatable bonds is 6. The zero-order valence-electron chi connectivity index (χ0n) is 14.8. The first-order valence-corrected chi connectivity index (χ1v) is 9.94. The van der Waals surface area contributed by atoms with Crippen LogP contribution in [-0.2, 0) is 4.79 Å². The highest BCUT2D eigenvalue weighted by Crippen LogP contribution is 2.38. The van der Waals surface area contributed by atoms with E-state index in [0.29, 0.717) is 24.3 Å². The van der Waals surface area contributed by atoms with E-state index in [-0.39, 0.29) is 5.91 Å². The van der Waals surface area contributed by atoms with Gasteiger partial charge >= 0.3 is 0 Å². The van der Waals surface area contributed by atoms with Crippen molar-refractivity contribution >= 4 is 17.7 Å². The van der Waals surface area contributed by atoms with Crippen molar-refractivity contribution in [2.45, 2.75) is 50.7 Å². The molecular formula is C18H25N5OS. The second-order valence-electron chi connectivity index (χ2n) is 6.49. The van der Waals surface area contributed by atoms with Crippen LogP contribution < -0.4 is 5.32 Å². The van der Waals surface area contributed by atoms with Gasteiger partial charge in [-0.25, -0.2) is 0 Å². The van der Waals surface area contributed by atoms with E-state index in [1.165, 1.54) is 31.0 Å². The Labute approximate surface area is 152 Å². The van der Waals surface area contributed by atoms with Gasteiger partial charge in [0.15, 0.2) is 11.0 Å². The fraction of sp³-hybridized carbons (Fsp3) is 0.556. The number of nitrogens with zero attached hydrogens (tertiary/aromatic N) is 4. The molecular weight excluding hydrogens is 334 g/mol. The molecule has 25 heavy (non-hydrogen) atoms. The smallest absolute Gasteiger partial charge is 0.230 e. The lowest BCUT2D eigenvalue weighted by Gasteiger charge is -2.31. The molecule has 134 valence electrons. The van der Waals surface area contributed by atoms with Crippen LogP contribution in [-0.4, -0.2) is 38.0 Å². The van der Waals surface area contributed by atoms with Crippen LogP contribution in [0, 0.1) is 5.92 Å². The van der Waals surface area contributed by atoms with Crippen molar-refractivity contribution in [1.82, 2.24) is 25.1 Å². The number of amides is 1. The summed E-state index contributed by atoms with van der Waals surface area (Å²) in [4.78, 5) is 16.1. The topological polar surface area (TPSA) is 72.7 Å². The molecule has 2 heterocycles. The van der Waals surface area contributed by atoms with Crippen molar-refractivity contribution in [2.24, 2.45) is 5.92 Å². The number of carbonyl (C=O) groups excluding carboxylic acids is 1. The second kappa shape index (κ2) is 8.47. The average Bonchev–Trinajstić information content (AvgIpc) is 3.05. The van der Waals surface area contributed by atoms with Gasteiger partial charge in [0.2, 0.25) is 5.91 Å². The van der Waals surface area contributed by atoms with Crippen LogP contribution in [0.5, 0.6) is 0 Å². The maximum absolute atomic E-state index is 11.8. The van der Waals surface area contributed by atoms with Crippen LogP contribution in [0.15, 0.2) is 29.7 Å². The van der Waals surface area contributed by atoms with Gasteiger partial charge in [-0.1, -0.05) is 31.5 Å². The van der Waals surface area contributed by atoms with Crippen LogP contribution in [0.25, 0.3) is 11.4 Å². The number of hydrogen-bond acceptors (Lipinski definition) is 5. The Balaban J connectivity index is 1.92. The standard InChI is InChI=1S/C18H25N5OS/c1-3-20-16(24)12-25-18-22-21-17(14-8-6-10-19-11-14)23(18)15-9-5-4-7-13(15)2/h6,8,10-11,13,15H,3-5,7,9,12H2,1-2H3,(H,20,24). The summed E-state index contributed by atoms with van der Waals surface area (Å²) in [6.45, 7) is 4.87. The predicted molar refractivity (Wildman–Crippen MR) is 99.3 cm³/mol. The summed E-state index contributed by atoms with van der Waals surface area (Å²) < 4.78 is 2.24. The Kier molecular flexibility index (Phi) is 6.07. The molecule has 6 nitrogen and oxygen atoms in total. The molecule has 2 aromatic rings. The Morgan fingerprint density at radius 1 is 1.36 bits per heavy atom. The van der Waals surface area contributed by atoms with Crippen molar-refractivity contribution in [1.29, 1.82) is 0 Å². The molecule has 2 unspecified atom stereocenters. The normalized spacial score (nSPS) is 20.4. The number of aromatic nitrogens is 4. The van der Waals surface area contributed by atoms with Gasteiger partial charge in [0, 0.05) is 30.5 Å². The van der Waals surface area contributed by atoms with Crippen molar-refractivity contribution in [3.8, 4) is 11.4 Å². The molecule has 1 aliphatic rings. The lowest BCUT2D eigenvalue weighted by Crippen LogP contribution is -2.25. The van der Waals surface area contributed by atoms with Crippen molar-refractivity contribution < 1.29 is 4.79 Å². The van der Waals surface area contributed by atoms with E-state index in [4.69, 9.17) is 0 Å². The predicted octanol–water partition coefficient (Wildman–Crippen LogP) is 3.32. The van der Waals surface area contributed by atoms with Gasteiger partial charge in [-0.3, -0.25) is 14.3 Å². The zero-order valence-corrected chi connectivity index (χ0v) is 15.6. The first kappa shape index (κ1) is 17.9. The van der Waals surface area contributed by atoms with E-state index in [1.54, 1.807) is 6.20 Å². The summed E-state index contributed by atoms with van der Waals surface area (Å²) in [5, 5.41) is 12.5. The largest absolute Gasteiger partial charge is 0.356 e. The monoisotopic (exact) mass is 359 g/mol. The first-order valence-electron chi connectivity index (χ1n) is 8.95. The van der Waals surface area contributed by atoms with E-state index in [0.717, 1.165) is 23.0 Å². The van der Waals surface area contributed by atoms with Crippen LogP contribution in [0.3, 0.4) is 0 Å². The molecule has 0 spiro atoms. The van der Waals surface area contributed by atoms with E-state index in [9.17, 15) is 4.79 Å². The molecule has 1 fully saturated rings. The van der Waals surface area contributed by atoms with Crippen LogP contribution >= 0.6 is 11.8 Å². The zero-order chi connectivity index (χ0) is 17.6. The van der Waals surface area contributed by atoms with Gasteiger partial charge in [-0.2, -0.15) is 0 Å². The number of carbonyl (C=O) groups is 1. The van der Waals surface area contributed by atoms with E-state index >= 15 is 0 Å². The highest BCUT2D eigenvalue weighted by molar-refractivity contribution is 7.99. The van der Waals surface area contributed by atoms with Gasteiger partial charge in [-0.05, 0) is 37.8 Å². The van der Waals surface area contributed by atoms with Crippen LogP contribution in [0.1, 0.15) is 45.6 Å². The number of pyridine rings is 1. The van der Waals surface area contributed by atoms with Crippen molar-refractivity contribution in [3.63, 3.8) is 0 Å². The molecule has 0 radical (unpaired) electrons. The minimum Gasteiger partial charge on any atom is -0.356 e. The molecule has 0 aromatic carbocycles. The molecule has 1 aliphatic carbocycles. The first-order chi connectivity index (χ1) is 12.2. The second-order valence-corrected chi connectivity index (χ2v) is 7.43. The van der Waals surface area contributed by atoms with Crippen LogP contribution in [0.4, 0.5) is 0 Å². The van der Waals surface area contributed by atoms with Crippen LogP contribution in [0.2, 0.25) is 0 Å². The van der Waals surface area contributed by atoms with Gasteiger partial charge in [0.1, 0.15) is 0 Å². The van der Waals surface area contributed by atoms with E-state index in [2.05, 4.69) is 32.0 Å². The summed E-state index contributed by atoms with van der Waals surface area (Å²) in [6.07, 6.45) is 8.44. The molecule has 0 aliphatic heterocycles. The number of thioether (sulfide) groups is 1. The molecule has 1 N–H and O–H groups in total. The summed E-state index contributed by atoms with van der Waals surface area (Å²) in [5.41, 5.74) is 0.970. The summed E-state index contributed by atoms with van der Waals surface area (Å²) in [7, 11) is 0. The molecule has 2 aromatic heterocycles. The molecule has 1 amide bonds. The molecule has 7 heteroatoms. The lowest BCUT2D eigenvalue weighted by molar-refractivity contribution is -0.118. The number of hydrogen-bond donors (Lipinski definition) is 1. The van der Waals surface area contributed by atoms with Gasteiger partial charge in [0.25, 0.3) is 0 Å². The van der Waals surface area contributed by atoms with Gasteiger partial charge < -0.3 is 5.32 Å². The Bertz CT molecular complexity index is 703.